The average molecular weight is 361 g/mol. The van der Waals surface area contributed by atoms with Crippen LogP contribution in [0.2, 0.25) is 0 Å². The lowest BCUT2D eigenvalue weighted by atomic mass is 10.2. The Bertz CT molecular complexity index is 658. The van der Waals surface area contributed by atoms with Gasteiger partial charge in [0.2, 0.25) is 5.95 Å². The molecule has 1 aromatic heterocycles. The lowest BCUT2D eigenvalue weighted by molar-refractivity contribution is -0.141. The molecule has 0 atom stereocenters. The molecule has 0 bridgehead atoms. The van der Waals surface area contributed by atoms with Gasteiger partial charge in [0.05, 0.1) is 5.69 Å². The van der Waals surface area contributed by atoms with E-state index in [0.29, 0.717) is 5.69 Å². The number of alkyl halides is 3. The molecule has 2 aromatic rings. The number of halogens is 4. The van der Waals surface area contributed by atoms with Crippen LogP contribution in [0.25, 0.3) is 0 Å². The van der Waals surface area contributed by atoms with Crippen LogP contribution >= 0.6 is 15.9 Å². The van der Waals surface area contributed by atoms with Crippen molar-refractivity contribution in [2.24, 2.45) is 0 Å². The van der Waals surface area contributed by atoms with Crippen LogP contribution in [-0.4, -0.2) is 17.0 Å². The van der Waals surface area contributed by atoms with Crippen molar-refractivity contribution < 1.29 is 13.2 Å². The molecule has 1 heterocycles. The van der Waals surface area contributed by atoms with Crippen LogP contribution in [0.15, 0.2) is 28.7 Å². The van der Waals surface area contributed by atoms with Gasteiger partial charge in [-0.05, 0) is 40.5 Å². The Kier molecular flexibility index (Phi) is 4.36. The molecule has 0 saturated carbocycles. The smallest absolute Gasteiger partial charge is 0.357 e. The number of nitrogens with one attached hydrogen (secondary N) is 2. The maximum absolute atomic E-state index is 12.8. The van der Waals surface area contributed by atoms with Crippen molar-refractivity contribution in [3.63, 3.8) is 0 Å². The number of benzene rings is 1. The van der Waals surface area contributed by atoms with E-state index in [1.807, 2.05) is 19.1 Å². The van der Waals surface area contributed by atoms with E-state index in [-0.39, 0.29) is 11.8 Å². The van der Waals surface area contributed by atoms with E-state index in [0.717, 1.165) is 16.1 Å². The molecule has 0 aliphatic rings. The van der Waals surface area contributed by atoms with Crippen LogP contribution in [0.4, 0.5) is 30.6 Å². The highest BCUT2D eigenvalue weighted by molar-refractivity contribution is 9.10. The largest absolute Gasteiger partial charge is 0.433 e. The van der Waals surface area contributed by atoms with Gasteiger partial charge < -0.3 is 10.6 Å². The molecule has 1 aromatic carbocycles. The molecule has 4 nitrogen and oxygen atoms in total. The molecule has 21 heavy (non-hydrogen) atoms. The third-order valence-corrected chi connectivity index (χ3v) is 3.32. The summed E-state index contributed by atoms with van der Waals surface area (Å²) >= 11 is 3.34. The maximum atomic E-state index is 12.8. The SMILES string of the molecule is CNc1nc(Nc2cc(C)ccc2Br)cc(C(F)(F)F)n1. The summed E-state index contributed by atoms with van der Waals surface area (Å²) in [6, 6.07) is 6.37. The molecule has 0 unspecified atom stereocenters. The van der Waals surface area contributed by atoms with Crippen molar-refractivity contribution in [3.8, 4) is 0 Å². The second kappa shape index (κ2) is 5.88. The van der Waals surface area contributed by atoms with Crippen molar-refractivity contribution in [3.05, 3.63) is 40.0 Å². The molecular formula is C13H12BrF3N4. The summed E-state index contributed by atoms with van der Waals surface area (Å²) in [7, 11) is 1.46. The zero-order valence-electron chi connectivity index (χ0n) is 11.2. The second-order valence-corrected chi connectivity index (χ2v) is 5.17. The fourth-order valence-electron chi connectivity index (χ4n) is 1.64. The van der Waals surface area contributed by atoms with Crippen LogP contribution in [0.5, 0.6) is 0 Å². The van der Waals surface area contributed by atoms with E-state index in [4.69, 9.17) is 0 Å². The number of hydrogen-bond acceptors (Lipinski definition) is 4. The van der Waals surface area contributed by atoms with Crippen molar-refractivity contribution in [1.29, 1.82) is 0 Å². The average Bonchev–Trinajstić information content (AvgIpc) is 2.41. The van der Waals surface area contributed by atoms with E-state index < -0.39 is 11.9 Å². The Labute approximate surface area is 127 Å². The third kappa shape index (κ3) is 3.84. The number of hydrogen-bond donors (Lipinski definition) is 2. The summed E-state index contributed by atoms with van der Waals surface area (Å²) in [6.07, 6.45) is -4.53. The number of aromatic nitrogens is 2. The van der Waals surface area contributed by atoms with Gasteiger partial charge in [-0.2, -0.15) is 18.2 Å². The summed E-state index contributed by atoms with van der Waals surface area (Å²) in [5.74, 6) is -0.0379. The second-order valence-electron chi connectivity index (χ2n) is 4.32. The Morgan fingerprint density at radius 2 is 1.86 bits per heavy atom. The topological polar surface area (TPSA) is 49.8 Å². The minimum Gasteiger partial charge on any atom is -0.357 e. The highest BCUT2D eigenvalue weighted by Crippen LogP contribution is 2.31. The molecule has 0 spiro atoms. The molecule has 0 saturated heterocycles. The Hall–Kier alpha value is -1.83. The van der Waals surface area contributed by atoms with Crippen molar-refractivity contribution in [2.45, 2.75) is 13.1 Å². The molecule has 0 aliphatic heterocycles. The quantitative estimate of drug-likeness (QED) is 0.854. The van der Waals surface area contributed by atoms with Gasteiger partial charge >= 0.3 is 6.18 Å². The van der Waals surface area contributed by atoms with Crippen LogP contribution < -0.4 is 10.6 Å². The predicted molar refractivity (Wildman–Crippen MR) is 78.7 cm³/mol. The minimum absolute atomic E-state index is 0.0629. The van der Waals surface area contributed by atoms with Gasteiger partial charge in [-0.1, -0.05) is 6.07 Å². The Morgan fingerprint density at radius 1 is 1.14 bits per heavy atom. The van der Waals surface area contributed by atoms with Gasteiger partial charge in [0, 0.05) is 17.6 Å². The van der Waals surface area contributed by atoms with Gasteiger partial charge in [-0.15, -0.1) is 0 Å². The summed E-state index contributed by atoms with van der Waals surface area (Å²) in [5, 5.41) is 5.38. The Morgan fingerprint density at radius 3 is 2.48 bits per heavy atom. The summed E-state index contributed by atoms with van der Waals surface area (Å²) in [4.78, 5) is 7.38. The fourth-order valence-corrected chi connectivity index (χ4v) is 1.99. The van der Waals surface area contributed by atoms with E-state index >= 15 is 0 Å². The number of nitrogens with zero attached hydrogens (tertiary/aromatic N) is 2. The molecule has 8 heteroatoms. The zero-order chi connectivity index (χ0) is 15.6. The predicted octanol–water partition coefficient (Wildman–Crippen LogP) is 4.35. The molecule has 0 radical (unpaired) electrons. The number of aryl methyl sites for hydroxylation is 1. The fraction of sp³-hybridized carbons (Fsp3) is 0.231. The third-order valence-electron chi connectivity index (χ3n) is 2.62. The molecule has 112 valence electrons. The molecular weight excluding hydrogens is 349 g/mol. The first kappa shape index (κ1) is 15.6. The molecule has 2 rings (SSSR count). The van der Waals surface area contributed by atoms with Crippen LogP contribution in [-0.2, 0) is 6.18 Å². The molecule has 0 aliphatic carbocycles. The lowest BCUT2D eigenvalue weighted by Crippen LogP contribution is -2.12. The molecule has 0 fully saturated rings. The highest BCUT2D eigenvalue weighted by atomic mass is 79.9. The van der Waals surface area contributed by atoms with E-state index in [9.17, 15) is 13.2 Å². The van der Waals surface area contributed by atoms with Crippen molar-refractivity contribution in [2.75, 3.05) is 17.7 Å². The molecule has 0 amide bonds. The summed E-state index contributed by atoms with van der Waals surface area (Å²) in [5.41, 5.74) is 0.594. The van der Waals surface area contributed by atoms with E-state index in [1.54, 1.807) is 6.07 Å². The van der Waals surface area contributed by atoms with E-state index in [1.165, 1.54) is 7.05 Å². The van der Waals surface area contributed by atoms with Gasteiger partial charge in [-0.25, -0.2) is 4.98 Å². The monoisotopic (exact) mass is 360 g/mol. The van der Waals surface area contributed by atoms with Crippen LogP contribution in [0.3, 0.4) is 0 Å². The van der Waals surface area contributed by atoms with Gasteiger partial charge in [-0.3, -0.25) is 0 Å². The zero-order valence-corrected chi connectivity index (χ0v) is 12.8. The van der Waals surface area contributed by atoms with Crippen molar-refractivity contribution >= 4 is 33.4 Å². The lowest BCUT2D eigenvalue weighted by Gasteiger charge is -2.13. The van der Waals surface area contributed by atoms with Crippen LogP contribution in [0.1, 0.15) is 11.3 Å². The number of anilines is 3. The minimum atomic E-state index is -4.53. The summed E-state index contributed by atoms with van der Waals surface area (Å²) < 4.78 is 39.2. The van der Waals surface area contributed by atoms with Crippen LogP contribution in [0, 0.1) is 6.92 Å². The first-order valence-corrected chi connectivity index (χ1v) is 6.76. The Balaban J connectivity index is 2.42. The van der Waals surface area contributed by atoms with Gasteiger partial charge in [0.15, 0.2) is 5.69 Å². The molecule has 2 N–H and O–H groups in total. The highest BCUT2D eigenvalue weighted by Gasteiger charge is 2.33. The normalized spacial score (nSPS) is 11.3. The standard InChI is InChI=1S/C13H12BrF3N4/c1-7-3-4-8(14)9(5-7)19-11-6-10(13(15,16)17)20-12(18-2)21-11/h3-6H,1-2H3,(H2,18,19,20,21). The first-order valence-electron chi connectivity index (χ1n) is 5.97. The first-order chi connectivity index (χ1) is 9.79. The number of rotatable bonds is 3. The van der Waals surface area contributed by atoms with Crippen molar-refractivity contribution in [1.82, 2.24) is 9.97 Å². The van der Waals surface area contributed by atoms with E-state index in [2.05, 4.69) is 36.5 Å². The van der Waals surface area contributed by atoms with Gasteiger partial charge in [0.1, 0.15) is 5.82 Å². The maximum Gasteiger partial charge on any atom is 0.433 e. The summed E-state index contributed by atoms with van der Waals surface area (Å²) in [6.45, 7) is 1.89. The van der Waals surface area contributed by atoms with Gasteiger partial charge in [0.25, 0.3) is 0 Å².